The summed E-state index contributed by atoms with van der Waals surface area (Å²) in [5.41, 5.74) is 2.22. The zero-order valence-electron chi connectivity index (χ0n) is 15.0. The number of carbonyl (C=O) groups excluding carboxylic acids is 1. The van der Waals surface area contributed by atoms with E-state index in [-0.39, 0.29) is 17.3 Å². The fourth-order valence-electron chi connectivity index (χ4n) is 2.78. The lowest BCUT2D eigenvalue weighted by Gasteiger charge is -2.06. The number of nitro groups is 1. The summed E-state index contributed by atoms with van der Waals surface area (Å²) in [7, 11) is 0. The van der Waals surface area contributed by atoms with Crippen molar-refractivity contribution in [2.75, 3.05) is 5.32 Å². The highest BCUT2D eigenvalue weighted by molar-refractivity contribution is 6.02. The van der Waals surface area contributed by atoms with Crippen LogP contribution in [0.4, 0.5) is 11.4 Å². The minimum atomic E-state index is -0.479. The topological polar surface area (TPSA) is 121 Å². The van der Waals surface area contributed by atoms with E-state index in [1.165, 1.54) is 23.1 Å². The normalized spacial score (nSPS) is 10.6. The smallest absolute Gasteiger partial charge is 0.276 e. The Bertz CT molecular complexity index is 1170. The van der Waals surface area contributed by atoms with Crippen molar-refractivity contribution in [3.8, 4) is 5.69 Å². The molecule has 4 rings (SSSR count). The molecule has 0 unspecified atom stereocenters. The van der Waals surface area contributed by atoms with Crippen LogP contribution in [0.15, 0.2) is 73.4 Å². The second-order valence-electron chi connectivity index (χ2n) is 6.17. The summed E-state index contributed by atoms with van der Waals surface area (Å²) in [5, 5.41) is 22.0. The molecule has 0 aliphatic carbocycles. The molecule has 10 heteroatoms. The molecule has 1 N–H and O–H groups in total. The molecule has 10 nitrogen and oxygen atoms in total. The van der Waals surface area contributed by atoms with E-state index in [2.05, 4.69) is 20.5 Å². The Morgan fingerprint density at radius 3 is 2.79 bits per heavy atom. The molecule has 2 aromatic carbocycles. The molecule has 2 heterocycles. The van der Waals surface area contributed by atoms with E-state index in [0.717, 1.165) is 5.56 Å². The van der Waals surface area contributed by atoms with Crippen LogP contribution in [0.2, 0.25) is 0 Å². The van der Waals surface area contributed by atoms with E-state index in [1.807, 2.05) is 18.2 Å². The minimum absolute atomic E-state index is 0.0480. The van der Waals surface area contributed by atoms with Crippen LogP contribution in [0, 0.1) is 10.1 Å². The summed E-state index contributed by atoms with van der Waals surface area (Å²) in [6, 6.07) is 15.0. The number of rotatable bonds is 6. The number of anilines is 1. The van der Waals surface area contributed by atoms with Crippen LogP contribution in [0.1, 0.15) is 16.1 Å². The molecular weight excluding hydrogens is 374 g/mol. The van der Waals surface area contributed by atoms with Crippen LogP contribution in [0.25, 0.3) is 5.69 Å². The number of aromatic nitrogens is 5. The van der Waals surface area contributed by atoms with E-state index in [1.54, 1.807) is 41.5 Å². The molecule has 0 radical (unpaired) electrons. The Kier molecular flexibility index (Phi) is 4.81. The van der Waals surface area contributed by atoms with Crippen molar-refractivity contribution in [1.29, 1.82) is 0 Å². The van der Waals surface area contributed by atoms with Crippen molar-refractivity contribution in [3.63, 3.8) is 0 Å². The third-order valence-corrected chi connectivity index (χ3v) is 4.12. The summed E-state index contributed by atoms with van der Waals surface area (Å²) >= 11 is 0. The van der Waals surface area contributed by atoms with Crippen LogP contribution in [-0.2, 0) is 6.54 Å². The van der Waals surface area contributed by atoms with Gasteiger partial charge in [0.15, 0.2) is 5.69 Å². The van der Waals surface area contributed by atoms with Gasteiger partial charge in [0.05, 0.1) is 17.2 Å². The fraction of sp³-hybridized carbons (Fsp3) is 0.0526. The highest BCUT2D eigenvalue weighted by atomic mass is 16.6. The molecule has 0 aliphatic heterocycles. The number of non-ortho nitro benzene ring substituents is 1. The summed E-state index contributed by atoms with van der Waals surface area (Å²) in [6.45, 7) is 0.533. The number of hydrogen-bond donors (Lipinski definition) is 1. The average molecular weight is 389 g/mol. The van der Waals surface area contributed by atoms with Crippen LogP contribution in [-0.4, -0.2) is 35.4 Å². The van der Waals surface area contributed by atoms with Crippen LogP contribution >= 0.6 is 0 Å². The van der Waals surface area contributed by atoms with Gasteiger partial charge in [0.2, 0.25) is 0 Å². The molecule has 0 atom stereocenters. The first-order chi connectivity index (χ1) is 14.1. The lowest BCUT2D eigenvalue weighted by atomic mass is 10.2. The molecule has 0 spiro atoms. The molecule has 1 amide bonds. The molecule has 0 saturated heterocycles. The Balaban J connectivity index is 1.48. The highest BCUT2D eigenvalue weighted by Gasteiger charge is 2.13. The monoisotopic (exact) mass is 389 g/mol. The summed E-state index contributed by atoms with van der Waals surface area (Å²) in [4.78, 5) is 26.9. The van der Waals surface area contributed by atoms with Gasteiger partial charge in [-0.2, -0.15) is 10.2 Å². The molecule has 29 heavy (non-hydrogen) atoms. The van der Waals surface area contributed by atoms with Gasteiger partial charge in [0.1, 0.15) is 12.7 Å². The highest BCUT2D eigenvalue weighted by Crippen LogP contribution is 2.17. The van der Waals surface area contributed by atoms with Crippen molar-refractivity contribution < 1.29 is 9.72 Å². The molecule has 0 aliphatic rings. The van der Waals surface area contributed by atoms with Gasteiger partial charge in [-0.25, -0.2) is 14.3 Å². The zero-order chi connectivity index (χ0) is 20.2. The standard InChI is InChI=1S/C19H15N7O3/c27-19(22-15-4-1-3-14(9-15)11-24-13-20-12-21-24)18-7-8-25(23-18)16-5-2-6-17(10-16)26(28)29/h1-10,12-13H,11H2,(H,22,27). The maximum absolute atomic E-state index is 12.5. The maximum atomic E-state index is 12.5. The SMILES string of the molecule is O=C(Nc1cccc(Cn2cncn2)c1)c1ccn(-c2cccc([N+](=O)[O-])c2)n1. The lowest BCUT2D eigenvalue weighted by molar-refractivity contribution is -0.384. The largest absolute Gasteiger partial charge is 0.321 e. The Morgan fingerprint density at radius 1 is 1.14 bits per heavy atom. The summed E-state index contributed by atoms with van der Waals surface area (Å²) in [5.74, 6) is -0.382. The number of nitro benzene ring substituents is 1. The van der Waals surface area contributed by atoms with E-state index < -0.39 is 4.92 Å². The first-order valence-corrected chi connectivity index (χ1v) is 8.62. The molecule has 144 valence electrons. The zero-order valence-corrected chi connectivity index (χ0v) is 15.0. The number of hydrogen-bond acceptors (Lipinski definition) is 6. The van der Waals surface area contributed by atoms with Crippen molar-refractivity contribution in [2.45, 2.75) is 6.54 Å². The Labute approximate surface area is 164 Å². The van der Waals surface area contributed by atoms with Gasteiger partial charge in [-0.3, -0.25) is 14.9 Å². The van der Waals surface area contributed by atoms with Gasteiger partial charge in [-0.15, -0.1) is 0 Å². The second-order valence-corrected chi connectivity index (χ2v) is 6.17. The second kappa shape index (κ2) is 7.72. The Morgan fingerprint density at radius 2 is 2.00 bits per heavy atom. The van der Waals surface area contributed by atoms with E-state index in [4.69, 9.17) is 0 Å². The van der Waals surface area contributed by atoms with Crippen LogP contribution < -0.4 is 5.32 Å². The molecule has 2 aromatic heterocycles. The quantitative estimate of drug-likeness (QED) is 0.400. The van der Waals surface area contributed by atoms with Gasteiger partial charge in [-0.1, -0.05) is 18.2 Å². The van der Waals surface area contributed by atoms with Crippen LogP contribution in [0.5, 0.6) is 0 Å². The van der Waals surface area contributed by atoms with E-state index in [9.17, 15) is 14.9 Å². The number of carbonyl (C=O) groups is 1. The first-order valence-electron chi connectivity index (χ1n) is 8.62. The molecule has 4 aromatic rings. The number of benzene rings is 2. The third-order valence-electron chi connectivity index (χ3n) is 4.12. The fourth-order valence-corrected chi connectivity index (χ4v) is 2.78. The lowest BCUT2D eigenvalue weighted by Crippen LogP contribution is -2.13. The molecule has 0 fully saturated rings. The van der Waals surface area contributed by atoms with Gasteiger partial charge >= 0.3 is 0 Å². The minimum Gasteiger partial charge on any atom is -0.321 e. The summed E-state index contributed by atoms with van der Waals surface area (Å²) in [6.07, 6.45) is 4.66. The summed E-state index contributed by atoms with van der Waals surface area (Å²) < 4.78 is 3.10. The van der Waals surface area contributed by atoms with E-state index in [0.29, 0.717) is 17.9 Å². The Hall–Kier alpha value is -4.34. The average Bonchev–Trinajstić information content (AvgIpc) is 3.40. The predicted molar refractivity (Wildman–Crippen MR) is 104 cm³/mol. The molecule has 0 saturated carbocycles. The van der Waals surface area contributed by atoms with Gasteiger partial charge in [0.25, 0.3) is 11.6 Å². The molecule has 0 bridgehead atoms. The van der Waals surface area contributed by atoms with Gasteiger partial charge in [0, 0.05) is 24.0 Å². The van der Waals surface area contributed by atoms with Crippen molar-refractivity contribution in [3.05, 3.63) is 94.8 Å². The van der Waals surface area contributed by atoms with Crippen molar-refractivity contribution in [2.24, 2.45) is 0 Å². The maximum Gasteiger partial charge on any atom is 0.276 e. The van der Waals surface area contributed by atoms with Gasteiger partial charge in [-0.05, 0) is 29.8 Å². The number of nitrogens with zero attached hydrogens (tertiary/aromatic N) is 6. The van der Waals surface area contributed by atoms with E-state index >= 15 is 0 Å². The van der Waals surface area contributed by atoms with Crippen LogP contribution in [0.3, 0.4) is 0 Å². The number of amides is 1. The third kappa shape index (κ3) is 4.16. The van der Waals surface area contributed by atoms with Crippen molar-refractivity contribution >= 4 is 17.3 Å². The molecular formula is C19H15N7O3. The van der Waals surface area contributed by atoms with Crippen molar-refractivity contribution in [1.82, 2.24) is 24.5 Å². The first kappa shape index (κ1) is 18.0. The number of nitrogens with one attached hydrogen (secondary N) is 1. The predicted octanol–water partition coefficient (Wildman–Crippen LogP) is 2.67. The van der Waals surface area contributed by atoms with Gasteiger partial charge < -0.3 is 5.32 Å².